The fourth-order valence-electron chi connectivity index (χ4n) is 6.19. The highest BCUT2D eigenvalue weighted by molar-refractivity contribution is 5.96. The molecule has 262 valence electrons. The Kier molecular flexibility index (Phi) is 12.5. The summed E-state index contributed by atoms with van der Waals surface area (Å²) in [5, 5.41) is 0. The van der Waals surface area contributed by atoms with Gasteiger partial charge in [0.05, 0.1) is 5.56 Å². The number of benzene rings is 4. The molecule has 1 unspecified atom stereocenters. The molecule has 9 heteroatoms. The highest BCUT2D eigenvalue weighted by Crippen LogP contribution is 2.29. The van der Waals surface area contributed by atoms with Crippen LogP contribution in [0.5, 0.6) is 0 Å². The Hall–Kier alpha value is -4.92. The molecule has 5 nitrogen and oxygen atoms in total. The number of halogens is 4. The first-order chi connectivity index (χ1) is 24.1. The molecule has 4 aromatic carbocycles. The summed E-state index contributed by atoms with van der Waals surface area (Å²) >= 11 is 0. The number of piperazine rings is 1. The van der Waals surface area contributed by atoms with Crippen LogP contribution in [0.2, 0.25) is 0 Å². The van der Waals surface area contributed by atoms with Gasteiger partial charge < -0.3 is 14.7 Å². The van der Waals surface area contributed by atoms with Crippen molar-refractivity contribution >= 4 is 23.6 Å². The van der Waals surface area contributed by atoms with Crippen molar-refractivity contribution in [3.05, 3.63) is 143 Å². The number of nitrogens with zero attached hydrogens (tertiary/aromatic N) is 3. The van der Waals surface area contributed by atoms with Crippen LogP contribution in [0.4, 0.5) is 23.2 Å². The van der Waals surface area contributed by atoms with Crippen molar-refractivity contribution in [2.75, 3.05) is 31.1 Å². The Bertz CT molecular complexity index is 1700. The highest BCUT2D eigenvalue weighted by Gasteiger charge is 2.34. The largest absolute Gasteiger partial charge is 0.416 e. The number of anilines is 1. The first-order valence-corrected chi connectivity index (χ1v) is 17.2. The van der Waals surface area contributed by atoms with E-state index in [0.717, 1.165) is 54.6 Å². The molecule has 0 saturated carbocycles. The highest BCUT2D eigenvalue weighted by atomic mass is 19.4. The van der Waals surface area contributed by atoms with Gasteiger partial charge in [-0.25, -0.2) is 4.39 Å². The predicted octanol–water partition coefficient (Wildman–Crippen LogP) is 8.58. The van der Waals surface area contributed by atoms with Crippen molar-refractivity contribution in [3.63, 3.8) is 0 Å². The Labute approximate surface area is 291 Å². The smallest absolute Gasteiger partial charge is 0.368 e. The van der Waals surface area contributed by atoms with Crippen molar-refractivity contribution in [1.82, 2.24) is 9.80 Å². The van der Waals surface area contributed by atoms with Crippen LogP contribution in [-0.2, 0) is 35.2 Å². The van der Waals surface area contributed by atoms with Gasteiger partial charge >= 0.3 is 6.18 Å². The van der Waals surface area contributed by atoms with Gasteiger partial charge in [0.15, 0.2) is 0 Å². The summed E-state index contributed by atoms with van der Waals surface area (Å²) in [6, 6.07) is 27.7. The quantitative estimate of drug-likeness (QED) is 0.0805. The van der Waals surface area contributed by atoms with E-state index in [9.17, 15) is 27.2 Å². The minimum Gasteiger partial charge on any atom is -0.368 e. The van der Waals surface area contributed by atoms with Gasteiger partial charge in [-0.05, 0) is 77.6 Å². The lowest BCUT2D eigenvalue weighted by Gasteiger charge is -2.40. The summed E-state index contributed by atoms with van der Waals surface area (Å²) in [5.74, 6) is -0.911. The number of carbonyl (C=O) groups excluding carboxylic acids is 2. The standard InChI is InChI=1S/C41H43F4N3O2/c1-2-3-5-8-31-11-13-34(14-12-31)30-48(39(49)24-17-32-15-18-35(19-16-32)41(43,44)45)38(29-33-9-6-4-7-10-33)40(50)47-27-25-46(26-28-47)37-22-20-36(42)21-23-37/h4,6-7,9-24,38H,2-3,5,8,25-30H2,1H3/b24-17+. The van der Waals surface area contributed by atoms with Crippen molar-refractivity contribution in [2.45, 2.75) is 57.8 Å². The monoisotopic (exact) mass is 685 g/mol. The molecule has 0 N–H and O–H groups in total. The SMILES string of the molecule is CCCCCc1ccc(CN(C(=O)/C=C/c2ccc(C(F)(F)F)cc2)C(Cc2ccccc2)C(=O)N2CCN(c3ccc(F)cc3)CC2)cc1. The summed E-state index contributed by atoms with van der Waals surface area (Å²) < 4.78 is 52.9. The molecule has 0 aliphatic carbocycles. The van der Waals surface area contributed by atoms with Gasteiger partial charge in [0.25, 0.3) is 0 Å². The van der Waals surface area contributed by atoms with Crippen LogP contribution in [0.15, 0.2) is 109 Å². The molecular formula is C41H43F4N3O2. The Morgan fingerprint density at radius 1 is 0.780 bits per heavy atom. The van der Waals surface area contributed by atoms with Gasteiger partial charge in [0.1, 0.15) is 11.9 Å². The maximum absolute atomic E-state index is 14.5. The molecule has 1 atom stereocenters. The second kappa shape index (κ2) is 17.1. The average Bonchev–Trinajstić information content (AvgIpc) is 3.13. The number of rotatable bonds is 13. The summed E-state index contributed by atoms with van der Waals surface area (Å²) in [6.45, 7) is 4.30. The van der Waals surface area contributed by atoms with Crippen molar-refractivity contribution in [3.8, 4) is 0 Å². The fraction of sp³-hybridized carbons (Fsp3) is 0.317. The summed E-state index contributed by atoms with van der Waals surface area (Å²) in [5.41, 5.74) is 3.51. The van der Waals surface area contributed by atoms with E-state index in [4.69, 9.17) is 0 Å². The first kappa shape index (κ1) is 36.4. The Morgan fingerprint density at radius 3 is 2.04 bits per heavy atom. The third-order valence-corrected chi connectivity index (χ3v) is 9.10. The average molecular weight is 686 g/mol. The molecule has 0 spiro atoms. The summed E-state index contributed by atoms with van der Waals surface area (Å²) in [4.78, 5) is 34.1. The fourth-order valence-corrected chi connectivity index (χ4v) is 6.19. The molecular weight excluding hydrogens is 642 g/mol. The van der Waals surface area contributed by atoms with Crippen LogP contribution in [0, 0.1) is 5.82 Å². The molecule has 0 aromatic heterocycles. The van der Waals surface area contributed by atoms with E-state index in [-0.39, 0.29) is 24.7 Å². The second-order valence-electron chi connectivity index (χ2n) is 12.7. The Balaban J connectivity index is 1.42. The van der Waals surface area contributed by atoms with Crippen LogP contribution in [0.25, 0.3) is 6.08 Å². The molecule has 1 aliphatic heterocycles. The number of carbonyl (C=O) groups is 2. The second-order valence-corrected chi connectivity index (χ2v) is 12.7. The van der Waals surface area contributed by atoms with Gasteiger partial charge in [0, 0.05) is 50.9 Å². The molecule has 1 heterocycles. The zero-order chi connectivity index (χ0) is 35.5. The number of alkyl halides is 3. The van der Waals surface area contributed by atoms with Gasteiger partial charge in [-0.15, -0.1) is 0 Å². The number of aryl methyl sites for hydroxylation is 1. The van der Waals surface area contributed by atoms with Gasteiger partial charge in [-0.1, -0.05) is 86.5 Å². The van der Waals surface area contributed by atoms with E-state index in [0.29, 0.717) is 31.7 Å². The zero-order valence-corrected chi connectivity index (χ0v) is 28.3. The van der Waals surface area contributed by atoms with Crippen molar-refractivity contribution in [1.29, 1.82) is 0 Å². The number of hydrogen-bond acceptors (Lipinski definition) is 3. The molecule has 1 saturated heterocycles. The number of unbranched alkanes of at least 4 members (excludes halogenated alkanes) is 2. The molecule has 2 amide bonds. The van der Waals surface area contributed by atoms with E-state index in [1.165, 1.54) is 42.0 Å². The minimum atomic E-state index is -4.46. The lowest BCUT2D eigenvalue weighted by Crippen LogP contribution is -2.56. The molecule has 0 bridgehead atoms. The van der Waals surface area contributed by atoms with E-state index in [1.807, 2.05) is 42.5 Å². The molecule has 0 radical (unpaired) electrons. The Morgan fingerprint density at radius 2 is 1.42 bits per heavy atom. The van der Waals surface area contributed by atoms with Crippen molar-refractivity contribution in [2.24, 2.45) is 0 Å². The van der Waals surface area contributed by atoms with Crippen LogP contribution in [0.1, 0.15) is 54.0 Å². The van der Waals surface area contributed by atoms with E-state index in [2.05, 4.69) is 24.0 Å². The maximum atomic E-state index is 14.5. The lowest BCUT2D eigenvalue weighted by molar-refractivity contribution is -0.144. The summed E-state index contributed by atoms with van der Waals surface area (Å²) in [7, 11) is 0. The molecule has 1 aliphatic rings. The van der Waals surface area contributed by atoms with Gasteiger partial charge in [0.2, 0.25) is 11.8 Å². The van der Waals surface area contributed by atoms with E-state index < -0.39 is 23.7 Å². The van der Waals surface area contributed by atoms with Crippen LogP contribution in [-0.4, -0.2) is 53.8 Å². The van der Waals surface area contributed by atoms with E-state index in [1.54, 1.807) is 21.9 Å². The van der Waals surface area contributed by atoms with Gasteiger partial charge in [-0.2, -0.15) is 13.2 Å². The van der Waals surface area contributed by atoms with Crippen molar-refractivity contribution < 1.29 is 27.2 Å². The molecule has 5 rings (SSSR count). The predicted molar refractivity (Wildman–Crippen MR) is 190 cm³/mol. The minimum absolute atomic E-state index is 0.171. The van der Waals surface area contributed by atoms with Crippen LogP contribution >= 0.6 is 0 Å². The van der Waals surface area contributed by atoms with Gasteiger partial charge in [-0.3, -0.25) is 9.59 Å². The van der Waals surface area contributed by atoms with E-state index >= 15 is 0 Å². The molecule has 50 heavy (non-hydrogen) atoms. The maximum Gasteiger partial charge on any atom is 0.416 e. The summed E-state index contributed by atoms with van der Waals surface area (Å²) in [6.07, 6.45) is 2.98. The normalized spacial score (nSPS) is 14.2. The number of amides is 2. The molecule has 4 aromatic rings. The third kappa shape index (κ3) is 10.1. The zero-order valence-electron chi connectivity index (χ0n) is 28.3. The van der Waals surface area contributed by atoms with Crippen LogP contribution in [0.3, 0.4) is 0 Å². The lowest BCUT2D eigenvalue weighted by atomic mass is 10.0. The topological polar surface area (TPSA) is 43.9 Å². The number of hydrogen-bond donors (Lipinski definition) is 0. The third-order valence-electron chi connectivity index (χ3n) is 9.10. The van der Waals surface area contributed by atoms with Crippen LogP contribution < -0.4 is 4.90 Å². The molecule has 1 fully saturated rings. The first-order valence-electron chi connectivity index (χ1n) is 17.2.